The molecule has 0 amide bonds. The first kappa shape index (κ1) is 18.3. The summed E-state index contributed by atoms with van der Waals surface area (Å²) < 4.78 is 27.9. The van der Waals surface area contributed by atoms with Crippen molar-refractivity contribution < 1.29 is 8.42 Å². The van der Waals surface area contributed by atoms with Gasteiger partial charge in [0.2, 0.25) is 10.0 Å². The quantitative estimate of drug-likeness (QED) is 0.717. The highest BCUT2D eigenvalue weighted by Gasteiger charge is 2.18. The molecule has 1 aromatic carbocycles. The predicted molar refractivity (Wildman–Crippen MR) is 82.9 cm³/mol. The van der Waals surface area contributed by atoms with Crippen molar-refractivity contribution >= 4 is 54.3 Å². The van der Waals surface area contributed by atoms with E-state index >= 15 is 0 Å². The van der Waals surface area contributed by atoms with Crippen LogP contribution >= 0.6 is 44.3 Å². The maximum atomic E-state index is 12.0. The van der Waals surface area contributed by atoms with Crippen molar-refractivity contribution in [3.05, 3.63) is 26.6 Å². The van der Waals surface area contributed by atoms with E-state index in [9.17, 15) is 8.42 Å². The molecule has 0 atom stereocenters. The van der Waals surface area contributed by atoms with E-state index in [0.29, 0.717) is 17.6 Å². The van der Waals surface area contributed by atoms with E-state index in [-0.39, 0.29) is 17.3 Å². The third-order valence-corrected chi connectivity index (χ3v) is 5.44. The first-order valence-corrected chi connectivity index (χ1v) is 8.05. The molecular weight excluding hydrogens is 407 g/mol. The van der Waals surface area contributed by atoms with Crippen LogP contribution in [0.4, 0.5) is 0 Å². The SMILES string of the molecule is CNCCNS(=O)(=O)c1cc(Br)c(C)cc1Br.Cl. The topological polar surface area (TPSA) is 58.2 Å². The summed E-state index contributed by atoms with van der Waals surface area (Å²) in [6.45, 7) is 2.85. The second-order valence-corrected chi connectivity index (χ2v) is 6.98. The van der Waals surface area contributed by atoms with Crippen LogP contribution in [-0.2, 0) is 10.0 Å². The Hall–Kier alpha value is 0.340. The molecular formula is C10H15Br2ClN2O2S. The molecule has 104 valence electrons. The second-order valence-electron chi connectivity index (χ2n) is 3.53. The summed E-state index contributed by atoms with van der Waals surface area (Å²) >= 11 is 6.60. The zero-order valence-electron chi connectivity index (χ0n) is 9.96. The van der Waals surface area contributed by atoms with Gasteiger partial charge in [-0.3, -0.25) is 0 Å². The second kappa shape index (κ2) is 7.81. The first-order valence-electron chi connectivity index (χ1n) is 4.98. The monoisotopic (exact) mass is 420 g/mol. The number of benzene rings is 1. The molecule has 0 fully saturated rings. The zero-order valence-corrected chi connectivity index (χ0v) is 14.8. The minimum Gasteiger partial charge on any atom is -0.318 e. The summed E-state index contributed by atoms with van der Waals surface area (Å²) in [7, 11) is -1.70. The van der Waals surface area contributed by atoms with Gasteiger partial charge in [0, 0.05) is 22.0 Å². The molecule has 0 saturated heterocycles. The van der Waals surface area contributed by atoms with Crippen molar-refractivity contribution in [1.82, 2.24) is 10.0 Å². The van der Waals surface area contributed by atoms with Gasteiger partial charge in [0.05, 0.1) is 4.90 Å². The lowest BCUT2D eigenvalue weighted by Gasteiger charge is -2.10. The molecule has 4 nitrogen and oxygen atoms in total. The van der Waals surface area contributed by atoms with Crippen molar-refractivity contribution in [1.29, 1.82) is 0 Å². The van der Waals surface area contributed by atoms with Crippen LogP contribution < -0.4 is 10.0 Å². The smallest absolute Gasteiger partial charge is 0.241 e. The number of sulfonamides is 1. The number of nitrogens with one attached hydrogen (secondary N) is 2. The van der Waals surface area contributed by atoms with E-state index < -0.39 is 10.0 Å². The van der Waals surface area contributed by atoms with Crippen molar-refractivity contribution in [2.45, 2.75) is 11.8 Å². The van der Waals surface area contributed by atoms with Gasteiger partial charge in [0.1, 0.15) is 0 Å². The third kappa shape index (κ3) is 4.79. The predicted octanol–water partition coefficient (Wildman–Crippen LogP) is 2.44. The highest BCUT2D eigenvalue weighted by molar-refractivity contribution is 9.11. The molecule has 0 aliphatic heterocycles. The number of hydrogen-bond acceptors (Lipinski definition) is 3. The zero-order chi connectivity index (χ0) is 13.1. The van der Waals surface area contributed by atoms with E-state index in [0.717, 1.165) is 10.0 Å². The molecule has 0 aromatic heterocycles. The summed E-state index contributed by atoms with van der Waals surface area (Å²) in [6, 6.07) is 3.37. The summed E-state index contributed by atoms with van der Waals surface area (Å²) in [5.41, 5.74) is 0.978. The van der Waals surface area contributed by atoms with E-state index in [4.69, 9.17) is 0 Å². The molecule has 2 N–H and O–H groups in total. The molecule has 0 heterocycles. The molecule has 0 radical (unpaired) electrons. The van der Waals surface area contributed by atoms with Crippen molar-refractivity contribution in [2.24, 2.45) is 0 Å². The molecule has 0 bridgehead atoms. The van der Waals surface area contributed by atoms with Crippen molar-refractivity contribution in [3.63, 3.8) is 0 Å². The third-order valence-electron chi connectivity index (χ3n) is 2.17. The maximum absolute atomic E-state index is 12.0. The Bertz CT molecular complexity index is 509. The van der Waals surface area contributed by atoms with Crippen molar-refractivity contribution in [3.8, 4) is 0 Å². The minimum atomic E-state index is -3.47. The van der Waals surface area contributed by atoms with Gasteiger partial charge in [-0.2, -0.15) is 0 Å². The minimum absolute atomic E-state index is 0. The van der Waals surface area contributed by atoms with E-state index in [1.165, 1.54) is 0 Å². The normalized spacial score (nSPS) is 11.1. The van der Waals surface area contributed by atoms with E-state index in [1.54, 1.807) is 19.2 Å². The van der Waals surface area contributed by atoms with Crippen molar-refractivity contribution in [2.75, 3.05) is 20.1 Å². The molecule has 0 unspecified atom stereocenters. The van der Waals surface area contributed by atoms with E-state index in [2.05, 4.69) is 41.9 Å². The van der Waals surface area contributed by atoms with Gasteiger partial charge in [0.15, 0.2) is 0 Å². The largest absolute Gasteiger partial charge is 0.318 e. The maximum Gasteiger partial charge on any atom is 0.241 e. The molecule has 1 aromatic rings. The number of hydrogen-bond donors (Lipinski definition) is 2. The van der Waals surface area contributed by atoms with Crippen LogP contribution in [-0.4, -0.2) is 28.6 Å². The fourth-order valence-electron chi connectivity index (χ4n) is 1.22. The number of aryl methyl sites for hydroxylation is 1. The molecule has 0 saturated carbocycles. The Kier molecular flexibility index (Phi) is 7.96. The standard InChI is InChI=1S/C10H14Br2N2O2S.ClH/c1-7-5-9(12)10(6-8(7)11)17(15,16)14-4-3-13-2;/h5-6,13-14H,3-4H2,1-2H3;1H. The van der Waals surface area contributed by atoms with Crippen LogP contribution in [0.1, 0.15) is 5.56 Å². The van der Waals surface area contributed by atoms with Crippen LogP contribution in [0.25, 0.3) is 0 Å². The highest BCUT2D eigenvalue weighted by Crippen LogP contribution is 2.28. The number of likely N-dealkylation sites (N-methyl/N-ethyl adjacent to an activating group) is 1. The lowest BCUT2D eigenvalue weighted by Crippen LogP contribution is -2.30. The van der Waals surface area contributed by atoms with Crippen LogP contribution in [0.3, 0.4) is 0 Å². The van der Waals surface area contributed by atoms with Gasteiger partial charge in [-0.25, -0.2) is 13.1 Å². The average Bonchev–Trinajstić information content (AvgIpc) is 2.23. The van der Waals surface area contributed by atoms with Gasteiger partial charge in [0.25, 0.3) is 0 Å². The lowest BCUT2D eigenvalue weighted by molar-refractivity contribution is 0.579. The fraction of sp³-hybridized carbons (Fsp3) is 0.400. The number of halogens is 3. The summed E-state index contributed by atoms with van der Waals surface area (Å²) in [5, 5.41) is 2.88. The van der Waals surface area contributed by atoms with Gasteiger partial charge in [-0.15, -0.1) is 12.4 Å². The Morgan fingerprint density at radius 1 is 1.17 bits per heavy atom. The average molecular weight is 423 g/mol. The van der Waals surface area contributed by atoms with Gasteiger partial charge in [-0.05, 0) is 47.6 Å². The van der Waals surface area contributed by atoms with Gasteiger partial charge in [-0.1, -0.05) is 15.9 Å². The molecule has 0 spiro atoms. The lowest BCUT2D eigenvalue weighted by atomic mass is 10.2. The summed E-state index contributed by atoms with van der Waals surface area (Å²) in [4.78, 5) is 0.242. The highest BCUT2D eigenvalue weighted by atomic mass is 79.9. The molecule has 18 heavy (non-hydrogen) atoms. The Balaban J connectivity index is 0.00000289. The van der Waals surface area contributed by atoms with Gasteiger partial charge < -0.3 is 5.32 Å². The molecule has 1 rings (SSSR count). The van der Waals surface area contributed by atoms with Crippen LogP contribution in [0.15, 0.2) is 26.0 Å². The van der Waals surface area contributed by atoms with E-state index in [1.807, 2.05) is 6.92 Å². The summed E-state index contributed by atoms with van der Waals surface area (Å²) in [5.74, 6) is 0. The van der Waals surface area contributed by atoms with Gasteiger partial charge >= 0.3 is 0 Å². The summed E-state index contributed by atoms with van der Waals surface area (Å²) in [6.07, 6.45) is 0. The molecule has 0 aliphatic carbocycles. The molecule has 8 heteroatoms. The Morgan fingerprint density at radius 2 is 1.78 bits per heavy atom. The van der Waals surface area contributed by atoms with Crippen LogP contribution in [0.2, 0.25) is 0 Å². The number of rotatable bonds is 5. The first-order chi connectivity index (χ1) is 7.88. The Morgan fingerprint density at radius 3 is 2.33 bits per heavy atom. The van der Waals surface area contributed by atoms with Crippen LogP contribution in [0, 0.1) is 6.92 Å². The molecule has 0 aliphatic rings. The fourth-order valence-corrected chi connectivity index (χ4v) is 3.93. The van der Waals surface area contributed by atoms with Crippen LogP contribution in [0.5, 0.6) is 0 Å². The Labute approximate surface area is 131 Å².